The maximum absolute atomic E-state index is 11.9. The van der Waals surface area contributed by atoms with Crippen LogP contribution in [0.3, 0.4) is 0 Å². The molecule has 1 fully saturated rings. The molecule has 1 aliphatic rings. The predicted molar refractivity (Wildman–Crippen MR) is 64.1 cm³/mol. The summed E-state index contributed by atoms with van der Waals surface area (Å²) in [5.41, 5.74) is 0. The SMILES string of the molecule is CCCCCC(=O)[C@]1(O)O[C@H](CO)[C@@H](O)[C@H](O)[C@H]1O. The van der Waals surface area contributed by atoms with E-state index in [2.05, 4.69) is 0 Å². The molecular weight excluding hydrogens is 256 g/mol. The van der Waals surface area contributed by atoms with Gasteiger partial charge in [-0.3, -0.25) is 4.79 Å². The fourth-order valence-electron chi connectivity index (χ4n) is 2.10. The minimum absolute atomic E-state index is 0.0115. The van der Waals surface area contributed by atoms with Crippen molar-refractivity contribution in [2.75, 3.05) is 6.61 Å². The molecule has 0 aromatic rings. The van der Waals surface area contributed by atoms with Gasteiger partial charge in [0.25, 0.3) is 5.79 Å². The average molecular weight is 278 g/mol. The Labute approximate surface area is 111 Å². The van der Waals surface area contributed by atoms with Crippen molar-refractivity contribution in [3.05, 3.63) is 0 Å². The summed E-state index contributed by atoms with van der Waals surface area (Å²) >= 11 is 0. The van der Waals surface area contributed by atoms with E-state index in [4.69, 9.17) is 9.84 Å². The van der Waals surface area contributed by atoms with Gasteiger partial charge in [0, 0.05) is 6.42 Å². The highest BCUT2D eigenvalue weighted by Gasteiger charge is 2.56. The number of hydrogen-bond donors (Lipinski definition) is 5. The molecule has 1 aliphatic heterocycles. The lowest BCUT2D eigenvalue weighted by atomic mass is 9.88. The van der Waals surface area contributed by atoms with Gasteiger partial charge in [-0.1, -0.05) is 19.8 Å². The van der Waals surface area contributed by atoms with Crippen molar-refractivity contribution in [2.24, 2.45) is 0 Å². The molecule has 0 amide bonds. The van der Waals surface area contributed by atoms with Gasteiger partial charge in [0.1, 0.15) is 24.4 Å². The molecule has 5 N–H and O–H groups in total. The largest absolute Gasteiger partial charge is 0.394 e. The molecular formula is C12H22O7. The standard InChI is InChI=1S/C12H22O7/c1-2-3-4-5-8(14)12(18)11(17)10(16)9(15)7(6-13)19-12/h7,9-11,13,15-18H,2-6H2,1H3/t7-,9-,10+,11-,12+/m1/s1. The quantitative estimate of drug-likeness (QED) is 0.366. The van der Waals surface area contributed by atoms with Crippen molar-refractivity contribution in [1.82, 2.24) is 0 Å². The third-order valence-corrected chi connectivity index (χ3v) is 3.37. The smallest absolute Gasteiger partial charge is 0.256 e. The molecule has 0 unspecified atom stereocenters. The first-order valence-corrected chi connectivity index (χ1v) is 6.47. The number of aliphatic hydroxyl groups excluding tert-OH is 4. The third kappa shape index (κ3) is 3.31. The van der Waals surface area contributed by atoms with Gasteiger partial charge < -0.3 is 30.3 Å². The van der Waals surface area contributed by atoms with Gasteiger partial charge in [-0.05, 0) is 6.42 Å². The van der Waals surface area contributed by atoms with Crippen LogP contribution in [0.25, 0.3) is 0 Å². The summed E-state index contributed by atoms with van der Waals surface area (Å²) in [6.07, 6.45) is -4.41. The van der Waals surface area contributed by atoms with E-state index in [9.17, 15) is 25.2 Å². The van der Waals surface area contributed by atoms with Crippen LogP contribution in [-0.4, -0.2) is 68.1 Å². The summed E-state index contributed by atoms with van der Waals surface area (Å²) in [6.45, 7) is 1.27. The summed E-state index contributed by atoms with van der Waals surface area (Å²) in [6, 6.07) is 0. The topological polar surface area (TPSA) is 127 Å². The van der Waals surface area contributed by atoms with E-state index >= 15 is 0 Å². The Balaban J connectivity index is 2.79. The van der Waals surface area contributed by atoms with Gasteiger partial charge in [-0.2, -0.15) is 0 Å². The van der Waals surface area contributed by atoms with Gasteiger partial charge in [0.05, 0.1) is 6.61 Å². The summed E-state index contributed by atoms with van der Waals surface area (Å²) in [5.74, 6) is -3.35. The molecule has 5 atom stereocenters. The number of ketones is 1. The van der Waals surface area contributed by atoms with Crippen molar-refractivity contribution < 1.29 is 35.1 Å². The molecule has 0 saturated carbocycles. The van der Waals surface area contributed by atoms with Crippen LogP contribution in [0.15, 0.2) is 0 Å². The van der Waals surface area contributed by atoms with Crippen molar-refractivity contribution in [3.8, 4) is 0 Å². The van der Waals surface area contributed by atoms with E-state index in [0.717, 1.165) is 12.8 Å². The Morgan fingerprint density at radius 2 is 1.84 bits per heavy atom. The second kappa shape index (κ2) is 6.74. The van der Waals surface area contributed by atoms with E-state index in [0.29, 0.717) is 6.42 Å². The molecule has 0 aromatic heterocycles. The zero-order valence-electron chi connectivity index (χ0n) is 10.9. The molecule has 0 aliphatic carbocycles. The molecule has 1 saturated heterocycles. The number of carbonyl (C=O) groups is 1. The van der Waals surface area contributed by atoms with Gasteiger partial charge >= 0.3 is 0 Å². The first-order valence-electron chi connectivity index (χ1n) is 6.47. The maximum atomic E-state index is 11.9. The number of rotatable bonds is 6. The summed E-state index contributed by atoms with van der Waals surface area (Å²) < 4.78 is 4.91. The number of Topliss-reactive ketones (excluding diaryl/α,β-unsaturated/α-hetero) is 1. The molecule has 19 heavy (non-hydrogen) atoms. The molecule has 7 nitrogen and oxygen atoms in total. The van der Waals surface area contributed by atoms with Crippen LogP contribution < -0.4 is 0 Å². The predicted octanol–water partition coefficient (Wildman–Crippen LogP) is -1.70. The molecule has 0 radical (unpaired) electrons. The van der Waals surface area contributed by atoms with Crippen LogP contribution in [0.2, 0.25) is 0 Å². The lowest BCUT2D eigenvalue weighted by Gasteiger charge is -2.44. The van der Waals surface area contributed by atoms with Crippen molar-refractivity contribution >= 4 is 5.78 Å². The third-order valence-electron chi connectivity index (χ3n) is 3.37. The van der Waals surface area contributed by atoms with Crippen molar-refractivity contribution in [1.29, 1.82) is 0 Å². The van der Waals surface area contributed by atoms with Gasteiger partial charge in [0.15, 0.2) is 5.78 Å². The minimum Gasteiger partial charge on any atom is -0.394 e. The number of hydrogen-bond acceptors (Lipinski definition) is 7. The second-order valence-electron chi connectivity index (χ2n) is 4.84. The minimum atomic E-state index is -2.58. The second-order valence-corrected chi connectivity index (χ2v) is 4.84. The molecule has 112 valence electrons. The fraction of sp³-hybridized carbons (Fsp3) is 0.917. The van der Waals surface area contributed by atoms with Crippen molar-refractivity contribution in [3.63, 3.8) is 0 Å². The Morgan fingerprint density at radius 1 is 1.21 bits per heavy atom. The Kier molecular flexibility index (Phi) is 5.84. The molecule has 1 heterocycles. The van der Waals surface area contributed by atoms with Crippen LogP contribution in [0.4, 0.5) is 0 Å². The fourth-order valence-corrected chi connectivity index (χ4v) is 2.10. The van der Waals surface area contributed by atoms with Crippen LogP contribution in [0, 0.1) is 0 Å². The van der Waals surface area contributed by atoms with Gasteiger partial charge in [-0.15, -0.1) is 0 Å². The highest BCUT2D eigenvalue weighted by Crippen LogP contribution is 2.30. The molecule has 1 rings (SSSR count). The highest BCUT2D eigenvalue weighted by atomic mass is 16.7. The molecule has 0 bridgehead atoms. The normalized spacial score (nSPS) is 39.3. The Morgan fingerprint density at radius 3 is 2.37 bits per heavy atom. The molecule has 7 heteroatoms. The zero-order valence-corrected chi connectivity index (χ0v) is 10.9. The number of unbranched alkanes of at least 4 members (excludes halogenated alkanes) is 2. The van der Waals surface area contributed by atoms with Gasteiger partial charge in [0.2, 0.25) is 0 Å². The van der Waals surface area contributed by atoms with E-state index in [1.807, 2.05) is 6.92 Å². The summed E-state index contributed by atoms with van der Waals surface area (Å²) in [4.78, 5) is 11.9. The number of aliphatic hydroxyl groups is 5. The monoisotopic (exact) mass is 278 g/mol. The van der Waals surface area contributed by atoms with E-state index < -0.39 is 42.6 Å². The van der Waals surface area contributed by atoms with Crippen LogP contribution >= 0.6 is 0 Å². The van der Waals surface area contributed by atoms with Crippen molar-refractivity contribution in [2.45, 2.75) is 62.8 Å². The average Bonchev–Trinajstić information content (AvgIpc) is 2.40. The number of ether oxygens (including phenoxy) is 1. The highest BCUT2D eigenvalue weighted by molar-refractivity contribution is 5.86. The Hall–Kier alpha value is -0.570. The lowest BCUT2D eigenvalue weighted by Crippen LogP contribution is -2.68. The van der Waals surface area contributed by atoms with Crippen LogP contribution in [-0.2, 0) is 9.53 Å². The van der Waals surface area contributed by atoms with Crippen LogP contribution in [0.1, 0.15) is 32.6 Å². The van der Waals surface area contributed by atoms with Crippen LogP contribution in [0.5, 0.6) is 0 Å². The first kappa shape index (κ1) is 16.5. The van der Waals surface area contributed by atoms with E-state index in [-0.39, 0.29) is 6.42 Å². The molecule has 0 aromatic carbocycles. The zero-order chi connectivity index (χ0) is 14.6. The van der Waals surface area contributed by atoms with E-state index in [1.54, 1.807) is 0 Å². The summed E-state index contributed by atoms with van der Waals surface area (Å²) in [5, 5.41) is 47.9. The molecule has 0 spiro atoms. The Bertz CT molecular complexity index is 306. The number of carbonyl (C=O) groups excluding carboxylic acids is 1. The van der Waals surface area contributed by atoms with E-state index in [1.165, 1.54) is 0 Å². The first-order chi connectivity index (χ1) is 8.88. The summed E-state index contributed by atoms with van der Waals surface area (Å²) in [7, 11) is 0. The maximum Gasteiger partial charge on any atom is 0.256 e. The lowest BCUT2D eigenvalue weighted by molar-refractivity contribution is -0.331. The van der Waals surface area contributed by atoms with Gasteiger partial charge in [-0.25, -0.2) is 0 Å².